The molecule has 1 aromatic heterocycles. The van der Waals surface area contributed by atoms with Gasteiger partial charge >= 0.3 is 5.97 Å². The van der Waals surface area contributed by atoms with E-state index < -0.39 is 16.0 Å². The Labute approximate surface area is 123 Å². The van der Waals surface area contributed by atoms with Gasteiger partial charge in [-0.1, -0.05) is 0 Å². The fourth-order valence-electron chi connectivity index (χ4n) is 1.30. The average molecular weight is 329 g/mol. The second kappa shape index (κ2) is 8.36. The molecule has 9 heteroatoms. The SMILES string of the molecule is CNCCCS(=O)(=O)Nc1ccsc1C(=O)OC.Cl. The summed E-state index contributed by atoms with van der Waals surface area (Å²) in [5.74, 6) is -0.539. The Kier molecular flexibility index (Phi) is 8.00. The summed E-state index contributed by atoms with van der Waals surface area (Å²) in [5.41, 5.74) is 0.274. The first kappa shape index (κ1) is 18.2. The van der Waals surface area contributed by atoms with E-state index in [1.807, 2.05) is 0 Å². The Morgan fingerprint density at radius 1 is 1.47 bits per heavy atom. The van der Waals surface area contributed by atoms with Crippen molar-refractivity contribution in [2.24, 2.45) is 0 Å². The lowest BCUT2D eigenvalue weighted by Crippen LogP contribution is -2.21. The number of sulfonamides is 1. The molecule has 0 aliphatic heterocycles. The van der Waals surface area contributed by atoms with Crippen LogP contribution in [0.5, 0.6) is 0 Å². The van der Waals surface area contributed by atoms with E-state index in [0.717, 1.165) is 11.3 Å². The van der Waals surface area contributed by atoms with Gasteiger partial charge in [-0.3, -0.25) is 4.72 Å². The lowest BCUT2D eigenvalue weighted by molar-refractivity contribution is 0.0607. The van der Waals surface area contributed by atoms with Crippen LogP contribution in [0.1, 0.15) is 16.1 Å². The molecule has 0 unspecified atom stereocenters. The first-order valence-corrected chi connectivity index (χ1v) is 7.84. The van der Waals surface area contributed by atoms with Crippen LogP contribution in [0.3, 0.4) is 0 Å². The molecule has 0 aliphatic rings. The normalized spacial score (nSPS) is 10.6. The molecule has 0 radical (unpaired) electrons. The molecule has 1 rings (SSSR count). The predicted molar refractivity (Wildman–Crippen MR) is 78.9 cm³/mol. The fourth-order valence-corrected chi connectivity index (χ4v) is 3.26. The molecule has 0 aromatic carbocycles. The van der Waals surface area contributed by atoms with Crippen molar-refractivity contribution in [3.63, 3.8) is 0 Å². The Bertz CT molecular complexity index is 501. The second-order valence-electron chi connectivity index (χ2n) is 3.53. The Balaban J connectivity index is 0.00000324. The number of nitrogens with one attached hydrogen (secondary N) is 2. The lowest BCUT2D eigenvalue weighted by atomic mass is 10.4. The molecule has 110 valence electrons. The predicted octanol–water partition coefficient (Wildman–Crippen LogP) is 1.31. The highest BCUT2D eigenvalue weighted by Gasteiger charge is 2.18. The minimum Gasteiger partial charge on any atom is -0.465 e. The molecular weight excluding hydrogens is 312 g/mol. The van der Waals surface area contributed by atoms with E-state index >= 15 is 0 Å². The van der Waals surface area contributed by atoms with Crippen LogP contribution in [-0.2, 0) is 14.8 Å². The van der Waals surface area contributed by atoms with E-state index in [2.05, 4.69) is 14.8 Å². The van der Waals surface area contributed by atoms with Crippen LogP contribution in [-0.4, -0.2) is 40.8 Å². The van der Waals surface area contributed by atoms with Crippen molar-refractivity contribution in [2.45, 2.75) is 6.42 Å². The quantitative estimate of drug-likeness (QED) is 0.582. The molecule has 0 fully saturated rings. The summed E-state index contributed by atoms with van der Waals surface area (Å²) in [6, 6.07) is 1.55. The van der Waals surface area contributed by atoms with Crippen molar-refractivity contribution >= 4 is 45.4 Å². The summed E-state index contributed by atoms with van der Waals surface area (Å²) < 4.78 is 30.5. The van der Waals surface area contributed by atoms with E-state index in [1.54, 1.807) is 18.5 Å². The van der Waals surface area contributed by atoms with Gasteiger partial charge in [-0.15, -0.1) is 23.7 Å². The number of carbonyl (C=O) groups is 1. The summed E-state index contributed by atoms with van der Waals surface area (Å²) in [6.45, 7) is 0.619. The van der Waals surface area contributed by atoms with Gasteiger partial charge in [-0.2, -0.15) is 0 Å². The van der Waals surface area contributed by atoms with Crippen molar-refractivity contribution < 1.29 is 17.9 Å². The monoisotopic (exact) mass is 328 g/mol. The van der Waals surface area contributed by atoms with E-state index in [4.69, 9.17) is 0 Å². The van der Waals surface area contributed by atoms with Gasteiger partial charge in [0.15, 0.2) is 0 Å². The maximum absolute atomic E-state index is 11.7. The van der Waals surface area contributed by atoms with Crippen LogP contribution in [0, 0.1) is 0 Å². The first-order valence-electron chi connectivity index (χ1n) is 5.31. The molecule has 0 amide bonds. The zero-order chi connectivity index (χ0) is 13.6. The van der Waals surface area contributed by atoms with Gasteiger partial charge in [-0.05, 0) is 31.5 Å². The maximum Gasteiger partial charge on any atom is 0.350 e. The molecule has 0 spiro atoms. The molecule has 2 N–H and O–H groups in total. The smallest absolute Gasteiger partial charge is 0.350 e. The van der Waals surface area contributed by atoms with Crippen LogP contribution >= 0.6 is 23.7 Å². The third-order valence-electron chi connectivity index (χ3n) is 2.14. The van der Waals surface area contributed by atoms with Gasteiger partial charge in [-0.25, -0.2) is 13.2 Å². The number of methoxy groups -OCH3 is 1. The molecule has 6 nitrogen and oxygen atoms in total. The standard InChI is InChI=1S/C10H16N2O4S2.ClH/c1-11-5-3-7-18(14,15)12-8-4-6-17-9(8)10(13)16-2;/h4,6,11-12H,3,5,7H2,1-2H3;1H. The second-order valence-corrected chi connectivity index (χ2v) is 6.29. The number of rotatable bonds is 7. The highest BCUT2D eigenvalue weighted by Crippen LogP contribution is 2.24. The number of hydrogen-bond acceptors (Lipinski definition) is 6. The number of carbonyl (C=O) groups excluding carboxylic acids is 1. The molecule has 0 bridgehead atoms. The van der Waals surface area contributed by atoms with Gasteiger partial charge in [0.25, 0.3) is 0 Å². The third kappa shape index (κ3) is 5.77. The zero-order valence-electron chi connectivity index (χ0n) is 10.6. The topological polar surface area (TPSA) is 84.5 Å². The number of hydrogen-bond donors (Lipinski definition) is 2. The minimum atomic E-state index is -3.43. The van der Waals surface area contributed by atoms with E-state index in [-0.39, 0.29) is 28.7 Å². The zero-order valence-corrected chi connectivity index (χ0v) is 13.1. The van der Waals surface area contributed by atoms with Crippen LogP contribution in [0.4, 0.5) is 5.69 Å². The van der Waals surface area contributed by atoms with Crippen molar-refractivity contribution in [3.8, 4) is 0 Å². The summed E-state index contributed by atoms with van der Waals surface area (Å²) >= 11 is 1.14. The van der Waals surface area contributed by atoms with Crippen LogP contribution in [0.2, 0.25) is 0 Å². The Morgan fingerprint density at radius 3 is 2.74 bits per heavy atom. The highest BCUT2D eigenvalue weighted by atomic mass is 35.5. The van der Waals surface area contributed by atoms with Crippen molar-refractivity contribution in [1.82, 2.24) is 5.32 Å². The van der Waals surface area contributed by atoms with E-state index in [1.165, 1.54) is 7.11 Å². The highest BCUT2D eigenvalue weighted by molar-refractivity contribution is 7.92. The van der Waals surface area contributed by atoms with Gasteiger partial charge < -0.3 is 10.1 Å². The van der Waals surface area contributed by atoms with Gasteiger partial charge in [0.2, 0.25) is 10.0 Å². The fraction of sp³-hybridized carbons (Fsp3) is 0.500. The third-order valence-corrected chi connectivity index (χ3v) is 4.39. The van der Waals surface area contributed by atoms with Gasteiger partial charge in [0.1, 0.15) is 4.88 Å². The summed E-state index contributed by atoms with van der Waals surface area (Å²) in [5, 5.41) is 4.51. The molecule has 0 saturated heterocycles. The summed E-state index contributed by atoms with van der Waals surface area (Å²) in [4.78, 5) is 11.6. The van der Waals surface area contributed by atoms with Crippen molar-refractivity contribution in [3.05, 3.63) is 16.3 Å². The van der Waals surface area contributed by atoms with Gasteiger partial charge in [0.05, 0.1) is 18.6 Å². The van der Waals surface area contributed by atoms with Crippen LogP contribution in [0.25, 0.3) is 0 Å². The minimum absolute atomic E-state index is 0. The molecule has 0 atom stereocenters. The number of thiophene rings is 1. The summed E-state index contributed by atoms with van der Waals surface area (Å²) in [7, 11) is -0.417. The van der Waals surface area contributed by atoms with Crippen LogP contribution in [0.15, 0.2) is 11.4 Å². The van der Waals surface area contributed by atoms with E-state index in [9.17, 15) is 13.2 Å². The Hall–Kier alpha value is -0.830. The number of halogens is 1. The molecule has 0 saturated carbocycles. The Morgan fingerprint density at radius 2 is 2.16 bits per heavy atom. The van der Waals surface area contributed by atoms with E-state index in [0.29, 0.717) is 13.0 Å². The molecule has 1 aromatic rings. The lowest BCUT2D eigenvalue weighted by Gasteiger charge is -2.07. The number of ether oxygens (including phenoxy) is 1. The summed E-state index contributed by atoms with van der Waals surface area (Å²) in [6.07, 6.45) is 0.504. The number of esters is 1. The molecular formula is C10H17ClN2O4S2. The van der Waals surface area contributed by atoms with Gasteiger partial charge in [0, 0.05) is 0 Å². The van der Waals surface area contributed by atoms with Crippen LogP contribution < -0.4 is 10.0 Å². The molecule has 1 heterocycles. The average Bonchev–Trinajstić information content (AvgIpc) is 2.75. The largest absolute Gasteiger partial charge is 0.465 e. The maximum atomic E-state index is 11.7. The van der Waals surface area contributed by atoms with Crippen molar-refractivity contribution in [1.29, 1.82) is 0 Å². The molecule has 19 heavy (non-hydrogen) atoms. The molecule has 0 aliphatic carbocycles. The first-order chi connectivity index (χ1) is 8.50. The van der Waals surface area contributed by atoms with Crippen molar-refractivity contribution in [2.75, 3.05) is 31.2 Å². The number of anilines is 1.